The molecule has 1 atom stereocenters. The fourth-order valence-corrected chi connectivity index (χ4v) is 3.21. The molecule has 2 aromatic carbocycles. The van der Waals surface area contributed by atoms with Gasteiger partial charge in [-0.05, 0) is 37.2 Å². The van der Waals surface area contributed by atoms with Crippen LogP contribution in [-0.4, -0.2) is 36.3 Å². The topological polar surface area (TPSA) is 68.3 Å². The number of rotatable bonds is 5. The number of ether oxygens (including phenoxy) is 2. The van der Waals surface area contributed by atoms with Crippen LogP contribution in [0.3, 0.4) is 0 Å². The molecule has 0 unspecified atom stereocenters. The summed E-state index contributed by atoms with van der Waals surface area (Å²) in [5.74, 6) is 1.35. The molecule has 0 spiro atoms. The number of fused-ring (bicyclic) bond motifs is 1. The summed E-state index contributed by atoms with van der Waals surface area (Å²) in [5, 5.41) is 7.24. The molecule has 1 aliphatic rings. The molecule has 1 saturated heterocycles. The van der Waals surface area contributed by atoms with Gasteiger partial charge < -0.3 is 20.1 Å². The van der Waals surface area contributed by atoms with Crippen LogP contribution in [0.4, 0.5) is 15.9 Å². The highest BCUT2D eigenvalue weighted by atomic mass is 35.5. The number of nitrogens with zero attached hydrogens (tertiary/aromatic N) is 2. The Kier molecular flexibility index (Phi) is 4.96. The molecule has 1 aliphatic heterocycles. The van der Waals surface area contributed by atoms with Gasteiger partial charge in [0, 0.05) is 23.7 Å². The predicted molar refractivity (Wildman–Crippen MR) is 103 cm³/mol. The second-order valence-electron chi connectivity index (χ2n) is 6.23. The normalized spacial score (nSPS) is 16.5. The molecule has 0 radical (unpaired) electrons. The maximum atomic E-state index is 13.4. The molecule has 2 heterocycles. The van der Waals surface area contributed by atoms with E-state index >= 15 is 0 Å². The molecular weight excluding hydrogens is 371 g/mol. The van der Waals surface area contributed by atoms with Gasteiger partial charge >= 0.3 is 0 Å². The Morgan fingerprint density at radius 1 is 1.22 bits per heavy atom. The van der Waals surface area contributed by atoms with E-state index in [-0.39, 0.29) is 11.1 Å². The lowest BCUT2D eigenvalue weighted by Gasteiger charge is -2.17. The first-order valence-corrected chi connectivity index (χ1v) is 8.94. The average Bonchev–Trinajstić information content (AvgIpc) is 3.18. The van der Waals surface area contributed by atoms with Gasteiger partial charge in [0.05, 0.1) is 17.6 Å². The first-order chi connectivity index (χ1) is 13.1. The Morgan fingerprint density at radius 3 is 2.85 bits per heavy atom. The van der Waals surface area contributed by atoms with Crippen LogP contribution in [0.2, 0.25) is 5.02 Å². The average molecular weight is 389 g/mol. The van der Waals surface area contributed by atoms with Crippen LogP contribution in [0, 0.1) is 5.82 Å². The van der Waals surface area contributed by atoms with E-state index in [4.69, 9.17) is 21.1 Å². The highest BCUT2D eigenvalue weighted by Gasteiger charge is 2.19. The van der Waals surface area contributed by atoms with Crippen molar-refractivity contribution in [2.24, 2.45) is 0 Å². The van der Waals surface area contributed by atoms with E-state index < -0.39 is 5.82 Å². The Balaban J connectivity index is 1.72. The largest absolute Gasteiger partial charge is 0.493 e. The van der Waals surface area contributed by atoms with Crippen molar-refractivity contribution in [2.75, 3.05) is 25.5 Å². The Morgan fingerprint density at radius 2 is 2.11 bits per heavy atom. The van der Waals surface area contributed by atoms with Crippen molar-refractivity contribution in [1.29, 1.82) is 0 Å². The van der Waals surface area contributed by atoms with Gasteiger partial charge in [0.1, 0.15) is 24.1 Å². The predicted octanol–water partition coefficient (Wildman–Crippen LogP) is 3.92. The zero-order valence-corrected chi connectivity index (χ0v) is 15.4. The third kappa shape index (κ3) is 3.74. The number of anilines is 2. The standard InChI is InChI=1S/C19H18ClFN4O2/c1-26-17-8-16-13(7-18(17)27-12-4-5-22-9-12)19(24-10-23-16)25-11-2-3-15(21)14(20)6-11/h2-3,6-8,10,12,22H,4-5,9H2,1H3,(H,23,24,25)/t12-/m1/s1. The fraction of sp³-hybridized carbons (Fsp3) is 0.263. The summed E-state index contributed by atoms with van der Waals surface area (Å²) >= 11 is 5.87. The molecule has 2 N–H and O–H groups in total. The number of nitrogens with one attached hydrogen (secondary N) is 2. The minimum absolute atomic E-state index is 0.0396. The maximum absolute atomic E-state index is 13.4. The molecule has 0 aliphatic carbocycles. The van der Waals surface area contributed by atoms with Crippen LogP contribution in [0.15, 0.2) is 36.7 Å². The Bertz CT molecular complexity index is 979. The van der Waals surface area contributed by atoms with Crippen molar-refractivity contribution in [3.05, 3.63) is 47.5 Å². The number of methoxy groups -OCH3 is 1. The molecule has 3 aromatic rings. The Hall–Kier alpha value is -2.64. The molecule has 6 nitrogen and oxygen atoms in total. The van der Waals surface area contributed by atoms with E-state index in [1.54, 1.807) is 13.2 Å². The van der Waals surface area contributed by atoms with Crippen molar-refractivity contribution in [3.63, 3.8) is 0 Å². The minimum Gasteiger partial charge on any atom is -0.493 e. The summed E-state index contributed by atoms with van der Waals surface area (Å²) in [6, 6.07) is 8.09. The van der Waals surface area contributed by atoms with Gasteiger partial charge in [-0.3, -0.25) is 0 Å². The number of aromatic nitrogens is 2. The molecule has 4 rings (SSSR count). The second kappa shape index (κ2) is 7.54. The highest BCUT2D eigenvalue weighted by molar-refractivity contribution is 6.31. The smallest absolute Gasteiger partial charge is 0.162 e. The van der Waals surface area contributed by atoms with Crippen LogP contribution in [0.5, 0.6) is 11.5 Å². The van der Waals surface area contributed by atoms with E-state index in [1.165, 1.54) is 18.5 Å². The fourth-order valence-electron chi connectivity index (χ4n) is 3.03. The first-order valence-electron chi connectivity index (χ1n) is 8.56. The highest BCUT2D eigenvalue weighted by Crippen LogP contribution is 2.36. The van der Waals surface area contributed by atoms with Crippen LogP contribution in [0.1, 0.15) is 6.42 Å². The van der Waals surface area contributed by atoms with E-state index in [1.807, 2.05) is 12.1 Å². The Labute approximate surface area is 160 Å². The minimum atomic E-state index is -0.472. The van der Waals surface area contributed by atoms with Crippen molar-refractivity contribution in [3.8, 4) is 11.5 Å². The van der Waals surface area contributed by atoms with Gasteiger partial charge in [-0.2, -0.15) is 0 Å². The summed E-state index contributed by atoms with van der Waals surface area (Å²) in [7, 11) is 1.60. The summed E-state index contributed by atoms with van der Waals surface area (Å²) in [6.07, 6.45) is 2.48. The zero-order valence-electron chi connectivity index (χ0n) is 14.6. The van der Waals surface area contributed by atoms with Crippen LogP contribution in [0.25, 0.3) is 10.9 Å². The van der Waals surface area contributed by atoms with E-state index in [0.717, 1.165) is 24.9 Å². The molecule has 8 heteroatoms. The van der Waals surface area contributed by atoms with Crippen molar-refractivity contribution in [2.45, 2.75) is 12.5 Å². The maximum Gasteiger partial charge on any atom is 0.162 e. The lowest BCUT2D eigenvalue weighted by molar-refractivity contribution is 0.213. The molecule has 1 fully saturated rings. The van der Waals surface area contributed by atoms with Gasteiger partial charge in [-0.15, -0.1) is 0 Å². The van der Waals surface area contributed by atoms with Gasteiger partial charge in [-0.1, -0.05) is 11.6 Å². The molecular formula is C19H18ClFN4O2. The van der Waals surface area contributed by atoms with Crippen LogP contribution in [-0.2, 0) is 0 Å². The molecule has 27 heavy (non-hydrogen) atoms. The van der Waals surface area contributed by atoms with Crippen molar-refractivity contribution in [1.82, 2.24) is 15.3 Å². The number of hydrogen-bond donors (Lipinski definition) is 2. The monoisotopic (exact) mass is 388 g/mol. The molecule has 140 valence electrons. The van der Waals surface area contributed by atoms with E-state index in [0.29, 0.717) is 28.5 Å². The summed E-state index contributed by atoms with van der Waals surface area (Å²) in [6.45, 7) is 1.73. The van der Waals surface area contributed by atoms with Crippen molar-refractivity contribution >= 4 is 34.0 Å². The van der Waals surface area contributed by atoms with Gasteiger partial charge in [0.15, 0.2) is 11.5 Å². The van der Waals surface area contributed by atoms with Gasteiger partial charge in [-0.25, -0.2) is 14.4 Å². The number of hydrogen-bond acceptors (Lipinski definition) is 6. The number of benzene rings is 2. The van der Waals surface area contributed by atoms with Gasteiger partial charge in [0.2, 0.25) is 0 Å². The summed E-state index contributed by atoms with van der Waals surface area (Å²) in [5.41, 5.74) is 1.33. The molecule has 1 aromatic heterocycles. The third-order valence-electron chi connectivity index (χ3n) is 4.41. The molecule has 0 amide bonds. The lowest BCUT2D eigenvalue weighted by Crippen LogP contribution is -2.19. The van der Waals surface area contributed by atoms with Gasteiger partial charge in [0.25, 0.3) is 0 Å². The zero-order chi connectivity index (χ0) is 18.8. The third-order valence-corrected chi connectivity index (χ3v) is 4.70. The quantitative estimate of drug-likeness (QED) is 0.690. The summed E-state index contributed by atoms with van der Waals surface area (Å²) in [4.78, 5) is 8.63. The van der Waals surface area contributed by atoms with E-state index in [9.17, 15) is 4.39 Å². The second-order valence-corrected chi connectivity index (χ2v) is 6.64. The molecule has 0 saturated carbocycles. The van der Waals surface area contributed by atoms with E-state index in [2.05, 4.69) is 20.6 Å². The first kappa shape index (κ1) is 17.8. The lowest BCUT2D eigenvalue weighted by atomic mass is 10.2. The number of halogens is 2. The SMILES string of the molecule is COc1cc2ncnc(Nc3ccc(F)c(Cl)c3)c2cc1O[C@@H]1CCNC1. The van der Waals surface area contributed by atoms with Crippen LogP contribution < -0.4 is 20.1 Å². The summed E-state index contributed by atoms with van der Waals surface area (Å²) < 4.78 is 25.0. The molecule has 0 bridgehead atoms. The van der Waals surface area contributed by atoms with Crippen molar-refractivity contribution < 1.29 is 13.9 Å². The van der Waals surface area contributed by atoms with Crippen LogP contribution >= 0.6 is 11.6 Å².